The zero-order valence-electron chi connectivity index (χ0n) is 75.6. The van der Waals surface area contributed by atoms with Gasteiger partial charge in [-0.1, -0.05) is 186 Å². The highest BCUT2D eigenvalue weighted by molar-refractivity contribution is 8.00. The maximum atomic E-state index is 15.7. The number of hydrogen-bond acceptors (Lipinski definition) is 19. The second kappa shape index (κ2) is 49.9. The number of carboxylic acid groups (broad SMARTS) is 1. The number of phenols is 2. The largest absolute Gasteiger partial charge is 0.508 e. The summed E-state index contributed by atoms with van der Waals surface area (Å²) < 4.78 is 0. The Labute approximate surface area is 771 Å². The lowest BCUT2D eigenvalue weighted by molar-refractivity contribution is -0.151. The van der Waals surface area contributed by atoms with Crippen LogP contribution in [0.25, 0.3) is 10.9 Å². The lowest BCUT2D eigenvalue weighted by atomic mass is 9.83. The fourth-order valence-electron chi connectivity index (χ4n) is 16.3. The lowest BCUT2D eigenvalue weighted by Crippen LogP contribution is -2.61. The highest BCUT2D eigenvalue weighted by atomic mass is 32.2. The Morgan fingerprint density at radius 2 is 0.917 bits per heavy atom. The first-order valence-electron chi connectivity index (χ1n) is 44.3. The van der Waals surface area contributed by atoms with Gasteiger partial charge >= 0.3 is 5.97 Å². The molecule has 9 rings (SSSR count). The molecule has 1 saturated heterocycles. The quantitative estimate of drug-likeness (QED) is 0.0437. The van der Waals surface area contributed by atoms with Crippen molar-refractivity contribution in [1.29, 1.82) is 0 Å². The molecule has 706 valence electrons. The molecule has 2 aliphatic rings. The Morgan fingerprint density at radius 3 is 1.47 bits per heavy atom. The van der Waals surface area contributed by atoms with Crippen LogP contribution >= 0.6 is 11.8 Å². The second-order valence-electron chi connectivity index (χ2n) is 34.2. The number of nitrogens with one attached hydrogen (secondary N) is 10. The van der Waals surface area contributed by atoms with Gasteiger partial charge in [0.25, 0.3) is 0 Å². The number of likely N-dealkylation sites (N-methyl/N-ethyl adjacent to an activating group) is 5. The second-order valence-corrected chi connectivity index (χ2v) is 35.2. The van der Waals surface area contributed by atoms with Crippen molar-refractivity contribution in [3.8, 4) is 11.5 Å². The van der Waals surface area contributed by atoms with Gasteiger partial charge < -0.3 is 98.4 Å². The first-order chi connectivity index (χ1) is 63.0. The Kier molecular flexibility index (Phi) is 38.6. The molecule has 11 atom stereocenters. The van der Waals surface area contributed by atoms with Crippen LogP contribution in [0.15, 0.2) is 170 Å². The van der Waals surface area contributed by atoms with Gasteiger partial charge in [-0.3, -0.25) is 76.7 Å². The van der Waals surface area contributed by atoms with Crippen LogP contribution < -0.4 is 53.6 Å². The number of thioether (sulfide) groups is 1. The number of nitrogens with two attached hydrogens (primary N) is 1. The Morgan fingerprint density at radius 1 is 0.462 bits per heavy atom. The third-order valence-corrected chi connectivity index (χ3v) is 24.6. The van der Waals surface area contributed by atoms with Crippen LogP contribution in [0.4, 0.5) is 0 Å². The van der Waals surface area contributed by atoms with E-state index in [-0.39, 0.29) is 74.5 Å². The minimum atomic E-state index is -1.89. The SMILES string of the molecule is CCCC[C@H]1C(=O)N(C)CC(=O)N[C@@H](CC(=O)O)C(=O)N[C@@H](C2CCCCC2)C(=O)N(C)[C@@H](Cc2ccccc2)C(=O)N[C@@H](Cc2ccc(O)cc2)C(=O)N(C)CC(=O)N[C@@H](Cc2c[nH]c3ccccc23)C(=O)N[C@@H](Cc2ccc(O)cc2)C(=O)N[C@@H](CC(C)C)C(=O)N[C@H](C(=O)NCC(N)=O)CSCC(=O)N[C@@H](Cc2ccccc2)C(=O)N(C)[C@@H](Cc2ccccc2)C(=O)N1C. The number of amides is 15. The number of aromatic amines is 1. The van der Waals surface area contributed by atoms with E-state index in [2.05, 4.69) is 52.8 Å². The number of nitrogens with zero attached hydrogens (tertiary/aromatic N) is 5. The van der Waals surface area contributed by atoms with Crippen molar-refractivity contribution in [2.75, 3.05) is 66.4 Å². The molecule has 0 spiro atoms. The molecule has 1 aliphatic carbocycles. The van der Waals surface area contributed by atoms with E-state index in [0.29, 0.717) is 82.8 Å². The number of carbonyl (C=O) groups is 16. The van der Waals surface area contributed by atoms with Gasteiger partial charge in [-0.05, 0) is 101 Å². The number of primary amides is 1. The van der Waals surface area contributed by atoms with Crippen molar-refractivity contribution in [2.24, 2.45) is 17.6 Å². The number of aliphatic carboxylic acids is 1. The van der Waals surface area contributed by atoms with Crippen LogP contribution in [-0.2, 0) is 115 Å². The summed E-state index contributed by atoms with van der Waals surface area (Å²) in [7, 11) is 6.65. The molecule has 6 aromatic carbocycles. The number of carbonyl (C=O) groups excluding carboxylic acids is 15. The summed E-state index contributed by atoms with van der Waals surface area (Å²) in [5.74, 6) is -17.0. The smallest absolute Gasteiger partial charge is 0.305 e. The van der Waals surface area contributed by atoms with Gasteiger partial charge in [-0.15, -0.1) is 11.8 Å². The number of H-pyrrole nitrogens is 1. The molecule has 0 unspecified atom stereocenters. The molecular weight excluding hydrogens is 1710 g/mol. The van der Waals surface area contributed by atoms with Crippen molar-refractivity contribution < 1.29 is 92.0 Å². The molecule has 1 aromatic heterocycles. The predicted molar refractivity (Wildman–Crippen MR) is 494 cm³/mol. The van der Waals surface area contributed by atoms with Crippen LogP contribution in [0, 0.1) is 11.8 Å². The van der Waals surface area contributed by atoms with Gasteiger partial charge in [-0.2, -0.15) is 0 Å². The summed E-state index contributed by atoms with van der Waals surface area (Å²) in [5.41, 5.74) is 9.18. The zero-order chi connectivity index (χ0) is 95.8. The third kappa shape index (κ3) is 30.5. The van der Waals surface area contributed by atoms with Crippen molar-refractivity contribution in [3.63, 3.8) is 0 Å². The van der Waals surface area contributed by atoms with E-state index in [1.54, 1.807) is 135 Å². The Bertz CT molecular complexity index is 5160. The molecule has 2 heterocycles. The average Bonchev–Trinajstić information content (AvgIpc) is 0.826. The van der Waals surface area contributed by atoms with E-state index in [9.17, 15) is 53.7 Å². The maximum absolute atomic E-state index is 15.7. The van der Waals surface area contributed by atoms with Crippen LogP contribution in [0.1, 0.15) is 118 Å². The average molecular weight is 1840 g/mol. The molecular formula is C96H122N16O19S. The molecule has 2 fully saturated rings. The van der Waals surface area contributed by atoms with E-state index in [4.69, 9.17) is 5.73 Å². The van der Waals surface area contributed by atoms with Gasteiger partial charge in [-0.25, -0.2) is 0 Å². The summed E-state index contributed by atoms with van der Waals surface area (Å²) in [6.07, 6.45) is 2.94. The van der Waals surface area contributed by atoms with Crippen LogP contribution in [0.5, 0.6) is 11.5 Å². The van der Waals surface area contributed by atoms with Crippen molar-refractivity contribution in [3.05, 3.63) is 203 Å². The number of hydrogen-bond donors (Lipinski definition) is 14. The number of aromatic hydroxyl groups is 2. The Balaban J connectivity index is 1.12. The lowest BCUT2D eigenvalue weighted by Gasteiger charge is -2.37. The zero-order valence-corrected chi connectivity index (χ0v) is 76.4. The summed E-state index contributed by atoms with van der Waals surface area (Å²) in [6, 6.07) is 27.7. The predicted octanol–water partition coefficient (Wildman–Crippen LogP) is 3.25. The molecule has 15 amide bonds. The third-order valence-electron chi connectivity index (χ3n) is 23.5. The van der Waals surface area contributed by atoms with E-state index >= 15 is 38.4 Å². The number of phenolic OH excluding ortho intramolecular Hbond substituents is 2. The monoisotopic (exact) mass is 1830 g/mol. The van der Waals surface area contributed by atoms with Gasteiger partial charge in [0.15, 0.2) is 0 Å². The molecule has 0 bridgehead atoms. The van der Waals surface area contributed by atoms with Gasteiger partial charge in [0, 0.05) is 96.6 Å². The van der Waals surface area contributed by atoms with E-state index in [0.717, 1.165) is 32.9 Å². The van der Waals surface area contributed by atoms with Gasteiger partial charge in [0.1, 0.15) is 78.0 Å². The minimum absolute atomic E-state index is 0.0358. The van der Waals surface area contributed by atoms with E-state index in [1.165, 1.54) is 93.6 Å². The number of aromatic nitrogens is 1. The summed E-state index contributed by atoms with van der Waals surface area (Å²) >= 11 is 0.833. The number of rotatable bonds is 23. The van der Waals surface area contributed by atoms with Gasteiger partial charge in [0.05, 0.1) is 31.8 Å². The molecule has 36 heteroatoms. The minimum Gasteiger partial charge on any atom is -0.508 e. The number of fused-ring (bicyclic) bond motifs is 1. The molecule has 35 nitrogen and oxygen atoms in total. The molecule has 1 saturated carbocycles. The highest BCUT2D eigenvalue weighted by Crippen LogP contribution is 2.30. The van der Waals surface area contributed by atoms with E-state index in [1.807, 2.05) is 6.92 Å². The first-order valence-corrected chi connectivity index (χ1v) is 45.5. The van der Waals surface area contributed by atoms with Crippen molar-refractivity contribution in [2.45, 2.75) is 190 Å². The van der Waals surface area contributed by atoms with Crippen LogP contribution in [-0.4, -0.2) is 272 Å². The molecule has 132 heavy (non-hydrogen) atoms. The molecule has 1 aliphatic heterocycles. The topological polar surface area (TPSA) is 500 Å². The summed E-state index contributed by atoms with van der Waals surface area (Å²) in [4.78, 5) is 245. The number of para-hydroxylation sites is 1. The summed E-state index contributed by atoms with van der Waals surface area (Å²) in [5, 5.41) is 56.2. The fraction of sp³-hybridized carbons (Fsp3) is 0.438. The van der Waals surface area contributed by atoms with E-state index < -0.39 is 199 Å². The van der Waals surface area contributed by atoms with Crippen LogP contribution in [0.2, 0.25) is 0 Å². The van der Waals surface area contributed by atoms with Crippen molar-refractivity contribution >= 4 is 117 Å². The van der Waals surface area contributed by atoms with Crippen molar-refractivity contribution in [1.82, 2.24) is 77.3 Å². The molecule has 15 N–H and O–H groups in total. The van der Waals surface area contributed by atoms with Crippen LogP contribution in [0.3, 0.4) is 0 Å². The first kappa shape index (κ1) is 102. The maximum Gasteiger partial charge on any atom is 0.305 e. The Hall–Kier alpha value is -13.7. The standard InChI is InChI=1S/C96H122N16O19S/c1-9-10-35-77-94(129)109(5)55-82(117)101-73(51-84(119)120)90(125)107-85(64-31-21-14-22-32-64)96(131)111(7)78(48-60-27-17-12-18-28-60)91(126)105-74(47-63-38-42-67(114)43-39-63)92(127)108(4)54-81(116)100-72(50-65-52-98-69-34-24-23-33-68(65)69)89(124)104-71(45-62-36-40-66(113)41-37-62)88(123)103-70(44-58(2)3)87(122)106-76(86(121)99-53-80(97)115)56-132-57-83(118)102-75(46-59-25-15-11-16-26-59)93(128)112(8)79(95(130)110(77)6)49-61-29-19-13-20-30-61/h11-13,15-20,23-30,33-34,36-43,52,58,64,70-79,85,98,113-114H,9-10,14,21-22,31-32,35,44-51,53-57H2,1-8H3,(H2,97,115)(H,99,121)(H,100,116)(H,101,117)(H,102,118)(H,103,123)(H,104,124)(H,105,126)(H,106,122)(H,107,125)(H,119,120)/t70-,71-,72-,73-,74-,75-,76-,77-,78-,79-,85-/m0/s1. The molecule has 7 aromatic rings. The normalized spacial score (nSPS) is 22.5. The highest BCUT2D eigenvalue weighted by Gasteiger charge is 2.43. The van der Waals surface area contributed by atoms with Gasteiger partial charge in [0.2, 0.25) is 88.6 Å². The summed E-state index contributed by atoms with van der Waals surface area (Å²) in [6.45, 7) is 3.09. The number of unbranched alkanes of at least 4 members (excludes halogenated alkanes) is 1. The molecule has 0 radical (unpaired) electrons. The number of benzene rings is 6. The number of carboxylic acids is 1. The fourth-order valence-corrected chi connectivity index (χ4v) is 17.1.